The van der Waals surface area contributed by atoms with E-state index in [0.29, 0.717) is 0 Å². The minimum Gasteiger partial charge on any atom is -0.312 e. The Bertz CT molecular complexity index is 425. The second-order valence-corrected chi connectivity index (χ2v) is 8.13. The molecule has 120 valence electrons. The van der Waals surface area contributed by atoms with Gasteiger partial charge in [0.2, 0.25) is 0 Å². The molecule has 0 spiro atoms. The summed E-state index contributed by atoms with van der Waals surface area (Å²) in [5.41, 5.74) is 1.55. The van der Waals surface area contributed by atoms with E-state index in [2.05, 4.69) is 44.0 Å². The van der Waals surface area contributed by atoms with Crippen LogP contribution in [0.2, 0.25) is 0 Å². The van der Waals surface area contributed by atoms with Gasteiger partial charge in [-0.15, -0.1) is 11.3 Å². The zero-order valence-electron chi connectivity index (χ0n) is 14.2. The summed E-state index contributed by atoms with van der Waals surface area (Å²) < 4.78 is 0. The van der Waals surface area contributed by atoms with Crippen molar-refractivity contribution < 1.29 is 0 Å². The van der Waals surface area contributed by atoms with Gasteiger partial charge in [0.25, 0.3) is 0 Å². The van der Waals surface area contributed by atoms with Gasteiger partial charge in [0.1, 0.15) is 0 Å². The molecular weight excluding hydrogens is 276 g/mol. The molecule has 1 aromatic heterocycles. The van der Waals surface area contributed by atoms with E-state index in [1.54, 1.807) is 5.56 Å². The van der Waals surface area contributed by atoms with Gasteiger partial charge in [-0.05, 0) is 69.3 Å². The van der Waals surface area contributed by atoms with E-state index in [1.165, 1.54) is 42.1 Å². The Hall–Kier alpha value is -0.380. The summed E-state index contributed by atoms with van der Waals surface area (Å²) in [6.45, 7) is 15.0. The molecule has 2 rings (SSSR count). The number of nitrogens with zero attached hydrogens (tertiary/aromatic N) is 1. The number of rotatable bonds is 6. The molecule has 0 saturated carbocycles. The predicted molar refractivity (Wildman–Crippen MR) is 93.9 cm³/mol. The second-order valence-electron chi connectivity index (χ2n) is 6.79. The smallest absolute Gasteiger partial charge is 0.0299 e. The number of aryl methyl sites for hydroxylation is 1. The summed E-state index contributed by atoms with van der Waals surface area (Å²) in [7, 11) is 0. The highest BCUT2D eigenvalue weighted by molar-refractivity contribution is 7.12. The lowest BCUT2D eigenvalue weighted by Gasteiger charge is -2.21. The van der Waals surface area contributed by atoms with Gasteiger partial charge in [-0.3, -0.25) is 4.90 Å². The molecule has 1 unspecified atom stereocenters. The summed E-state index contributed by atoms with van der Waals surface area (Å²) in [6, 6.07) is 2.42. The zero-order chi connectivity index (χ0) is 15.2. The predicted octanol–water partition coefficient (Wildman–Crippen LogP) is 4.42. The van der Waals surface area contributed by atoms with Gasteiger partial charge in [-0.1, -0.05) is 20.8 Å². The zero-order valence-corrected chi connectivity index (χ0v) is 15.1. The molecule has 1 aromatic rings. The minimum atomic E-state index is 0.847. The number of hydrogen-bond acceptors (Lipinski definition) is 3. The van der Waals surface area contributed by atoms with Crippen molar-refractivity contribution in [2.24, 2.45) is 11.8 Å². The van der Waals surface area contributed by atoms with Crippen LogP contribution in [0.4, 0.5) is 0 Å². The molecule has 2 heterocycles. The Labute approximate surface area is 134 Å². The van der Waals surface area contributed by atoms with Gasteiger partial charge in [0.15, 0.2) is 0 Å². The first-order valence-electron chi connectivity index (χ1n) is 8.61. The van der Waals surface area contributed by atoms with Crippen LogP contribution >= 0.6 is 11.3 Å². The fourth-order valence-corrected chi connectivity index (χ4v) is 4.35. The van der Waals surface area contributed by atoms with Gasteiger partial charge in [0.05, 0.1) is 0 Å². The van der Waals surface area contributed by atoms with E-state index in [9.17, 15) is 0 Å². The third-order valence-corrected chi connectivity index (χ3v) is 5.92. The molecule has 0 amide bonds. The molecule has 1 aliphatic rings. The standard InChI is InChI=1S/C18H32N2S/c1-5-19-12-18-11-17(15(4)21-18)13-20-9-6-7-16(8-10-20)14(2)3/h11,14,16,19H,5-10,12-13H2,1-4H3. The molecule has 0 aromatic carbocycles. The van der Waals surface area contributed by atoms with Crippen LogP contribution in [0.1, 0.15) is 55.4 Å². The lowest BCUT2D eigenvalue weighted by atomic mass is 9.89. The minimum absolute atomic E-state index is 0.847. The van der Waals surface area contributed by atoms with Crippen LogP contribution in [0.5, 0.6) is 0 Å². The van der Waals surface area contributed by atoms with Crippen molar-refractivity contribution in [2.75, 3.05) is 19.6 Å². The molecule has 1 N–H and O–H groups in total. The third kappa shape index (κ3) is 5.08. The van der Waals surface area contributed by atoms with E-state index in [1.807, 2.05) is 11.3 Å². The van der Waals surface area contributed by atoms with Crippen molar-refractivity contribution in [1.82, 2.24) is 10.2 Å². The molecule has 1 fully saturated rings. The van der Waals surface area contributed by atoms with Gasteiger partial charge in [0, 0.05) is 22.8 Å². The van der Waals surface area contributed by atoms with E-state index in [0.717, 1.165) is 31.5 Å². The Morgan fingerprint density at radius 1 is 1.33 bits per heavy atom. The van der Waals surface area contributed by atoms with Crippen molar-refractivity contribution in [3.05, 3.63) is 21.4 Å². The first kappa shape index (κ1) is 17.0. The lowest BCUT2D eigenvalue weighted by Crippen LogP contribution is -2.24. The molecule has 0 radical (unpaired) electrons. The summed E-state index contributed by atoms with van der Waals surface area (Å²) in [5, 5.41) is 3.43. The molecule has 2 nitrogen and oxygen atoms in total. The van der Waals surface area contributed by atoms with Crippen molar-refractivity contribution in [2.45, 2.75) is 60.0 Å². The summed E-state index contributed by atoms with van der Waals surface area (Å²) in [4.78, 5) is 5.67. The van der Waals surface area contributed by atoms with Crippen molar-refractivity contribution in [1.29, 1.82) is 0 Å². The van der Waals surface area contributed by atoms with Gasteiger partial charge < -0.3 is 5.32 Å². The molecule has 0 bridgehead atoms. The van der Waals surface area contributed by atoms with Crippen LogP contribution in [0, 0.1) is 18.8 Å². The van der Waals surface area contributed by atoms with Gasteiger partial charge >= 0.3 is 0 Å². The number of nitrogens with one attached hydrogen (secondary N) is 1. The summed E-state index contributed by atoms with van der Waals surface area (Å²) in [6.07, 6.45) is 4.17. The van der Waals surface area contributed by atoms with Gasteiger partial charge in [-0.25, -0.2) is 0 Å². The average Bonchev–Trinajstić information content (AvgIpc) is 2.65. The lowest BCUT2D eigenvalue weighted by molar-refractivity contribution is 0.264. The van der Waals surface area contributed by atoms with Crippen LogP contribution in [0.3, 0.4) is 0 Å². The fourth-order valence-electron chi connectivity index (χ4n) is 3.33. The van der Waals surface area contributed by atoms with Crippen LogP contribution in [-0.2, 0) is 13.1 Å². The molecule has 0 aliphatic carbocycles. The van der Waals surface area contributed by atoms with Gasteiger partial charge in [-0.2, -0.15) is 0 Å². The maximum absolute atomic E-state index is 3.43. The first-order valence-corrected chi connectivity index (χ1v) is 9.43. The Kier molecular flexibility index (Phi) is 6.72. The van der Waals surface area contributed by atoms with Crippen LogP contribution in [-0.4, -0.2) is 24.5 Å². The second kappa shape index (κ2) is 8.30. The fraction of sp³-hybridized carbons (Fsp3) is 0.778. The number of likely N-dealkylation sites (tertiary alicyclic amines) is 1. The molecule has 1 aliphatic heterocycles. The summed E-state index contributed by atoms with van der Waals surface area (Å²) >= 11 is 1.96. The molecular formula is C18H32N2S. The normalized spacial score (nSPS) is 20.9. The van der Waals surface area contributed by atoms with Crippen molar-refractivity contribution in [3.63, 3.8) is 0 Å². The third-order valence-electron chi connectivity index (χ3n) is 4.82. The van der Waals surface area contributed by atoms with E-state index in [-0.39, 0.29) is 0 Å². The van der Waals surface area contributed by atoms with Crippen LogP contribution in [0.15, 0.2) is 6.07 Å². The SMILES string of the molecule is CCNCc1cc(CN2CCCC(C(C)C)CC2)c(C)s1. The quantitative estimate of drug-likeness (QED) is 0.836. The van der Waals surface area contributed by atoms with Crippen molar-refractivity contribution in [3.8, 4) is 0 Å². The van der Waals surface area contributed by atoms with E-state index in [4.69, 9.17) is 0 Å². The number of thiophene rings is 1. The van der Waals surface area contributed by atoms with Crippen molar-refractivity contribution >= 4 is 11.3 Å². The average molecular weight is 309 g/mol. The van der Waals surface area contributed by atoms with Crippen LogP contribution in [0.25, 0.3) is 0 Å². The highest BCUT2D eigenvalue weighted by Crippen LogP contribution is 2.27. The number of hydrogen-bond donors (Lipinski definition) is 1. The highest BCUT2D eigenvalue weighted by Gasteiger charge is 2.20. The molecule has 1 saturated heterocycles. The first-order chi connectivity index (χ1) is 10.1. The molecule has 21 heavy (non-hydrogen) atoms. The maximum Gasteiger partial charge on any atom is 0.0299 e. The van der Waals surface area contributed by atoms with E-state index >= 15 is 0 Å². The molecule has 3 heteroatoms. The Morgan fingerprint density at radius 3 is 2.86 bits per heavy atom. The maximum atomic E-state index is 3.43. The van der Waals surface area contributed by atoms with Crippen LogP contribution < -0.4 is 5.32 Å². The largest absolute Gasteiger partial charge is 0.312 e. The highest BCUT2D eigenvalue weighted by atomic mass is 32.1. The van der Waals surface area contributed by atoms with E-state index < -0.39 is 0 Å². The topological polar surface area (TPSA) is 15.3 Å². The Morgan fingerprint density at radius 2 is 2.14 bits per heavy atom. The summed E-state index contributed by atoms with van der Waals surface area (Å²) in [5.74, 6) is 1.78. The monoisotopic (exact) mass is 308 g/mol. The Balaban J connectivity index is 1.90. The molecule has 1 atom stereocenters.